The summed E-state index contributed by atoms with van der Waals surface area (Å²) in [4.78, 5) is 13.3. The number of rotatable bonds is 6. The maximum absolute atomic E-state index is 13.3. The Bertz CT molecular complexity index is 1070. The van der Waals surface area contributed by atoms with E-state index < -0.39 is 11.8 Å². The molecule has 3 N–H and O–H groups in total. The highest BCUT2D eigenvalue weighted by molar-refractivity contribution is 6.06. The van der Waals surface area contributed by atoms with Crippen molar-refractivity contribution in [3.63, 3.8) is 0 Å². The Morgan fingerprint density at radius 1 is 1.10 bits per heavy atom. The lowest BCUT2D eigenvalue weighted by atomic mass is 9.82. The summed E-state index contributed by atoms with van der Waals surface area (Å²) in [5, 5.41) is 12.7. The van der Waals surface area contributed by atoms with Gasteiger partial charge in [-0.1, -0.05) is 18.2 Å². The molecule has 0 unspecified atom stereocenters. The fraction of sp³-hybridized carbons (Fsp3) is 0.217. The fourth-order valence-corrected chi connectivity index (χ4v) is 3.50. The number of carbonyl (C=O) groups is 1. The number of anilines is 1. The van der Waals surface area contributed by atoms with Crippen LogP contribution in [0.1, 0.15) is 18.4 Å². The zero-order valence-corrected chi connectivity index (χ0v) is 17.7. The summed E-state index contributed by atoms with van der Waals surface area (Å²) < 4.78 is 21.8. The third kappa shape index (κ3) is 4.12. The van der Waals surface area contributed by atoms with Crippen LogP contribution >= 0.6 is 0 Å². The maximum Gasteiger partial charge on any atom is 0.255 e. The highest BCUT2D eigenvalue weighted by Crippen LogP contribution is 2.45. The van der Waals surface area contributed by atoms with E-state index in [1.165, 1.54) is 21.3 Å². The molecule has 0 fully saturated rings. The van der Waals surface area contributed by atoms with Crippen molar-refractivity contribution in [1.29, 1.82) is 5.26 Å². The van der Waals surface area contributed by atoms with Gasteiger partial charge in [-0.05, 0) is 36.8 Å². The number of methoxy groups -OCH3 is 3. The number of nitrogens with one attached hydrogen (secondary N) is 1. The van der Waals surface area contributed by atoms with Gasteiger partial charge in [0, 0.05) is 5.69 Å². The normalized spacial score (nSPS) is 15.6. The zero-order valence-electron chi connectivity index (χ0n) is 17.7. The molecule has 8 heteroatoms. The summed E-state index contributed by atoms with van der Waals surface area (Å²) in [5.74, 6) is 0.198. The maximum atomic E-state index is 13.3. The largest absolute Gasteiger partial charge is 0.493 e. The number of nitrogens with zero attached hydrogens (tertiary/aromatic N) is 1. The van der Waals surface area contributed by atoms with Gasteiger partial charge in [0.25, 0.3) is 5.91 Å². The second kappa shape index (κ2) is 9.13. The van der Waals surface area contributed by atoms with Crippen LogP contribution in [0.2, 0.25) is 0 Å². The average molecular weight is 421 g/mol. The number of ether oxygens (including phenoxy) is 4. The van der Waals surface area contributed by atoms with Crippen molar-refractivity contribution >= 4 is 11.6 Å². The zero-order chi connectivity index (χ0) is 22.5. The Labute approximate surface area is 180 Å². The first kappa shape index (κ1) is 21.6. The number of hydrogen-bond donors (Lipinski definition) is 2. The Balaban J connectivity index is 2.16. The van der Waals surface area contributed by atoms with Crippen molar-refractivity contribution in [1.82, 2.24) is 0 Å². The SMILES string of the molecule is COc1cc([C@H]2C(C#N)=C(N)OC(C)=C2C(=O)Nc2ccccc2)cc(OC)c1OC. The third-order valence-corrected chi connectivity index (χ3v) is 4.90. The first-order valence-electron chi connectivity index (χ1n) is 9.39. The number of carbonyl (C=O) groups excluding carboxylic acids is 1. The van der Waals surface area contributed by atoms with E-state index in [-0.39, 0.29) is 17.0 Å². The molecule has 0 aromatic heterocycles. The molecule has 0 radical (unpaired) electrons. The Morgan fingerprint density at radius 2 is 1.71 bits per heavy atom. The Morgan fingerprint density at radius 3 is 2.23 bits per heavy atom. The van der Waals surface area contributed by atoms with Gasteiger partial charge in [-0.2, -0.15) is 5.26 Å². The molecule has 160 valence electrons. The molecule has 0 saturated carbocycles. The lowest BCUT2D eigenvalue weighted by Crippen LogP contribution is -2.27. The molecular formula is C23H23N3O5. The minimum atomic E-state index is -0.795. The molecule has 0 spiro atoms. The molecule has 3 rings (SSSR count). The number of benzene rings is 2. The van der Waals surface area contributed by atoms with E-state index in [0.717, 1.165) is 0 Å². The molecule has 0 bridgehead atoms. The van der Waals surface area contributed by atoms with Crippen molar-refractivity contribution in [2.45, 2.75) is 12.8 Å². The molecule has 0 aliphatic carbocycles. The first-order valence-corrected chi connectivity index (χ1v) is 9.39. The predicted molar refractivity (Wildman–Crippen MR) is 115 cm³/mol. The van der Waals surface area contributed by atoms with Gasteiger partial charge in [0.2, 0.25) is 11.6 Å². The smallest absolute Gasteiger partial charge is 0.255 e. The lowest BCUT2D eigenvalue weighted by molar-refractivity contribution is -0.113. The topological polar surface area (TPSA) is 116 Å². The molecule has 1 aliphatic heterocycles. The van der Waals surface area contributed by atoms with Crippen LogP contribution in [0.15, 0.2) is 65.3 Å². The van der Waals surface area contributed by atoms with Gasteiger partial charge >= 0.3 is 0 Å². The third-order valence-electron chi connectivity index (χ3n) is 4.90. The molecular weight excluding hydrogens is 398 g/mol. The van der Waals surface area contributed by atoms with Crippen molar-refractivity contribution in [2.75, 3.05) is 26.6 Å². The summed E-state index contributed by atoms with van der Waals surface area (Å²) >= 11 is 0. The Kier molecular flexibility index (Phi) is 6.36. The van der Waals surface area contributed by atoms with Crippen molar-refractivity contribution < 1.29 is 23.7 Å². The molecule has 1 atom stereocenters. The predicted octanol–water partition coefficient (Wildman–Crippen LogP) is 3.43. The van der Waals surface area contributed by atoms with E-state index >= 15 is 0 Å². The molecule has 8 nitrogen and oxygen atoms in total. The summed E-state index contributed by atoms with van der Waals surface area (Å²) in [7, 11) is 4.48. The summed E-state index contributed by atoms with van der Waals surface area (Å²) in [6.07, 6.45) is 0. The number of amides is 1. The second-order valence-corrected chi connectivity index (χ2v) is 6.67. The summed E-state index contributed by atoms with van der Waals surface area (Å²) in [6.45, 7) is 1.63. The second-order valence-electron chi connectivity index (χ2n) is 6.67. The van der Waals surface area contributed by atoms with Gasteiger partial charge in [0.1, 0.15) is 17.4 Å². The van der Waals surface area contributed by atoms with Crippen LogP contribution in [-0.2, 0) is 9.53 Å². The minimum Gasteiger partial charge on any atom is -0.493 e. The van der Waals surface area contributed by atoms with Crippen LogP contribution in [0.4, 0.5) is 5.69 Å². The number of para-hydroxylation sites is 1. The van der Waals surface area contributed by atoms with Crippen molar-refractivity contribution in [2.24, 2.45) is 5.73 Å². The van der Waals surface area contributed by atoms with Crippen LogP contribution in [0, 0.1) is 11.3 Å². The molecule has 1 amide bonds. The molecule has 1 aliphatic rings. The highest BCUT2D eigenvalue weighted by Gasteiger charge is 2.36. The molecule has 31 heavy (non-hydrogen) atoms. The minimum absolute atomic E-state index is 0.0602. The number of hydrogen-bond acceptors (Lipinski definition) is 7. The average Bonchev–Trinajstić information content (AvgIpc) is 2.78. The van der Waals surface area contributed by atoms with Crippen LogP contribution in [0.25, 0.3) is 0 Å². The summed E-state index contributed by atoms with van der Waals surface area (Å²) in [5.41, 5.74) is 7.54. The molecule has 1 heterocycles. The van der Waals surface area contributed by atoms with E-state index in [1.54, 1.807) is 31.2 Å². The number of allylic oxidation sites excluding steroid dienone is 2. The van der Waals surface area contributed by atoms with Crippen LogP contribution in [-0.4, -0.2) is 27.2 Å². The van der Waals surface area contributed by atoms with Crippen molar-refractivity contribution in [3.8, 4) is 23.3 Å². The lowest BCUT2D eigenvalue weighted by Gasteiger charge is -2.28. The standard InChI is InChI=1S/C23H23N3O5/c1-13-19(23(27)26-15-8-6-5-7-9-15)20(16(12-24)22(25)31-13)14-10-17(28-2)21(30-4)18(11-14)29-3/h5-11,20H,25H2,1-4H3,(H,26,27)/t20-/m0/s1. The van der Waals surface area contributed by atoms with Gasteiger partial charge in [0.15, 0.2) is 11.5 Å². The van der Waals surface area contributed by atoms with E-state index in [4.69, 9.17) is 24.7 Å². The van der Waals surface area contributed by atoms with Gasteiger partial charge in [-0.25, -0.2) is 0 Å². The Hall–Kier alpha value is -4.12. The van der Waals surface area contributed by atoms with Crippen molar-refractivity contribution in [3.05, 3.63) is 70.8 Å². The quantitative estimate of drug-likeness (QED) is 0.734. The van der Waals surface area contributed by atoms with E-state index in [9.17, 15) is 10.1 Å². The molecule has 0 saturated heterocycles. The van der Waals surface area contributed by atoms with E-state index in [0.29, 0.717) is 34.3 Å². The van der Waals surface area contributed by atoms with Gasteiger partial charge < -0.3 is 30.0 Å². The van der Waals surface area contributed by atoms with Crippen LogP contribution in [0.5, 0.6) is 17.2 Å². The van der Waals surface area contributed by atoms with Gasteiger partial charge in [-0.15, -0.1) is 0 Å². The van der Waals surface area contributed by atoms with Crippen LogP contribution in [0.3, 0.4) is 0 Å². The monoisotopic (exact) mass is 421 g/mol. The highest BCUT2D eigenvalue weighted by atomic mass is 16.5. The molecule has 2 aromatic rings. The van der Waals surface area contributed by atoms with E-state index in [2.05, 4.69) is 11.4 Å². The summed E-state index contributed by atoms with van der Waals surface area (Å²) in [6, 6.07) is 14.4. The number of nitrogens with two attached hydrogens (primary N) is 1. The molecule has 2 aromatic carbocycles. The first-order chi connectivity index (χ1) is 14.9. The van der Waals surface area contributed by atoms with Gasteiger partial charge in [-0.3, -0.25) is 4.79 Å². The van der Waals surface area contributed by atoms with Gasteiger partial charge in [0.05, 0.1) is 32.8 Å². The van der Waals surface area contributed by atoms with E-state index in [1.807, 2.05) is 18.2 Å². The number of nitriles is 1. The van der Waals surface area contributed by atoms with Crippen LogP contribution < -0.4 is 25.3 Å². The fourth-order valence-electron chi connectivity index (χ4n) is 3.50.